The molecular formula is C34H59NO4. The van der Waals surface area contributed by atoms with Crippen LogP contribution in [0.2, 0.25) is 0 Å². The molecule has 0 radical (unpaired) electrons. The Labute approximate surface area is 240 Å². The zero-order valence-corrected chi connectivity index (χ0v) is 25.7. The topological polar surface area (TPSA) is 64.6 Å². The van der Waals surface area contributed by atoms with Crippen LogP contribution < -0.4 is 5.32 Å². The number of nitrogens with one attached hydrogen (secondary N) is 1. The van der Waals surface area contributed by atoms with E-state index in [0.29, 0.717) is 13.0 Å². The van der Waals surface area contributed by atoms with Crippen molar-refractivity contribution < 1.29 is 19.1 Å². The largest absolute Gasteiger partial charge is 0.464 e. The highest BCUT2D eigenvalue weighted by atomic mass is 16.6. The molecule has 5 nitrogen and oxygen atoms in total. The molecule has 224 valence electrons. The number of benzene rings is 1. The van der Waals surface area contributed by atoms with Crippen LogP contribution in [0.3, 0.4) is 0 Å². The van der Waals surface area contributed by atoms with Gasteiger partial charge in [0.25, 0.3) is 0 Å². The van der Waals surface area contributed by atoms with Gasteiger partial charge in [-0.25, -0.2) is 9.59 Å². The fourth-order valence-electron chi connectivity index (χ4n) is 4.77. The Balaban J connectivity index is 2.06. The molecule has 1 aromatic rings. The van der Waals surface area contributed by atoms with E-state index in [9.17, 15) is 9.59 Å². The van der Waals surface area contributed by atoms with Gasteiger partial charge < -0.3 is 14.8 Å². The molecule has 0 aliphatic carbocycles. The number of hydrogen-bond donors (Lipinski definition) is 1. The van der Waals surface area contributed by atoms with Crippen molar-refractivity contribution in [3.63, 3.8) is 0 Å². The van der Waals surface area contributed by atoms with Crippen molar-refractivity contribution in [2.45, 2.75) is 161 Å². The molecule has 0 saturated heterocycles. The number of carbonyl (C=O) groups excluding carboxylic acids is 2. The molecule has 0 aromatic heterocycles. The molecule has 1 rings (SSSR count). The Hall–Kier alpha value is -2.04. The summed E-state index contributed by atoms with van der Waals surface area (Å²) in [5.74, 6) is -0.406. The van der Waals surface area contributed by atoms with E-state index in [0.717, 1.165) is 18.4 Å². The van der Waals surface area contributed by atoms with Crippen molar-refractivity contribution in [2.24, 2.45) is 0 Å². The van der Waals surface area contributed by atoms with E-state index in [1.165, 1.54) is 103 Å². The summed E-state index contributed by atoms with van der Waals surface area (Å²) in [4.78, 5) is 25.0. The Bertz CT molecular complexity index is 728. The van der Waals surface area contributed by atoms with Gasteiger partial charge in [0.15, 0.2) is 0 Å². The number of unbranched alkanes of at least 4 members (excludes halogenated alkanes) is 17. The summed E-state index contributed by atoms with van der Waals surface area (Å²) in [6, 6.07) is 8.88. The number of ether oxygens (including phenoxy) is 2. The lowest BCUT2D eigenvalue weighted by molar-refractivity contribution is -0.146. The SMILES string of the molecule is CCCCCCCCCCCCCCCCCCCCOC(=O)[C@H](Cc1ccccc1)NC(=O)OC(C)(C)C. The summed E-state index contributed by atoms with van der Waals surface area (Å²) in [6.45, 7) is 8.07. The third kappa shape index (κ3) is 21.5. The zero-order valence-electron chi connectivity index (χ0n) is 25.7. The number of alkyl carbamates (subject to hydrolysis) is 1. The standard InChI is InChI=1S/C34H59NO4/c1-5-6-7-8-9-10-11-12-13-14-15-16-17-18-19-20-21-25-28-38-32(36)31(29-30-26-23-22-24-27-30)35-33(37)39-34(2,3)4/h22-24,26-27,31H,5-21,25,28-29H2,1-4H3,(H,35,37)/t31-/m0/s1. The zero-order chi connectivity index (χ0) is 28.6. The molecule has 0 spiro atoms. The van der Waals surface area contributed by atoms with E-state index in [1.807, 2.05) is 30.3 Å². The molecule has 0 aliphatic heterocycles. The smallest absolute Gasteiger partial charge is 0.408 e. The van der Waals surface area contributed by atoms with Gasteiger partial charge in [-0.3, -0.25) is 0 Å². The van der Waals surface area contributed by atoms with Crippen molar-refractivity contribution in [2.75, 3.05) is 6.61 Å². The second kappa shape index (κ2) is 22.7. The lowest BCUT2D eigenvalue weighted by atomic mass is 10.0. The van der Waals surface area contributed by atoms with Crippen molar-refractivity contribution in [1.29, 1.82) is 0 Å². The van der Waals surface area contributed by atoms with Crippen LogP contribution in [0.4, 0.5) is 4.79 Å². The minimum Gasteiger partial charge on any atom is -0.464 e. The Morgan fingerprint density at radius 1 is 0.692 bits per heavy atom. The molecule has 1 N–H and O–H groups in total. The maximum absolute atomic E-state index is 12.7. The highest BCUT2D eigenvalue weighted by Gasteiger charge is 2.25. The molecule has 0 aliphatic rings. The third-order valence-corrected chi connectivity index (χ3v) is 7.00. The fourth-order valence-corrected chi connectivity index (χ4v) is 4.77. The molecule has 0 saturated carbocycles. The Morgan fingerprint density at radius 3 is 1.56 bits per heavy atom. The van der Waals surface area contributed by atoms with Crippen LogP contribution in [0, 0.1) is 0 Å². The van der Waals surface area contributed by atoms with Crippen LogP contribution in [-0.4, -0.2) is 30.3 Å². The van der Waals surface area contributed by atoms with Crippen molar-refractivity contribution in [3.8, 4) is 0 Å². The molecular weight excluding hydrogens is 486 g/mol. The molecule has 0 unspecified atom stereocenters. The van der Waals surface area contributed by atoms with Crippen LogP contribution >= 0.6 is 0 Å². The van der Waals surface area contributed by atoms with Gasteiger partial charge in [-0.15, -0.1) is 0 Å². The average molecular weight is 546 g/mol. The molecule has 0 fully saturated rings. The fraction of sp³-hybridized carbons (Fsp3) is 0.765. The highest BCUT2D eigenvalue weighted by Crippen LogP contribution is 2.15. The van der Waals surface area contributed by atoms with Crippen molar-refractivity contribution >= 4 is 12.1 Å². The van der Waals surface area contributed by atoms with Gasteiger partial charge in [0.05, 0.1) is 6.61 Å². The minimum absolute atomic E-state index is 0.373. The quantitative estimate of drug-likeness (QED) is 0.110. The lowest BCUT2D eigenvalue weighted by Crippen LogP contribution is -2.45. The highest BCUT2D eigenvalue weighted by molar-refractivity contribution is 5.81. The van der Waals surface area contributed by atoms with E-state index < -0.39 is 23.7 Å². The summed E-state index contributed by atoms with van der Waals surface area (Å²) in [6.07, 6.45) is 23.6. The summed E-state index contributed by atoms with van der Waals surface area (Å²) in [7, 11) is 0. The molecule has 0 heterocycles. The van der Waals surface area contributed by atoms with E-state index in [1.54, 1.807) is 20.8 Å². The van der Waals surface area contributed by atoms with Gasteiger partial charge >= 0.3 is 12.1 Å². The normalized spacial score (nSPS) is 12.2. The average Bonchev–Trinajstić information content (AvgIpc) is 2.89. The molecule has 1 aromatic carbocycles. The van der Waals surface area contributed by atoms with E-state index in [-0.39, 0.29) is 0 Å². The van der Waals surface area contributed by atoms with Crippen LogP contribution in [0.5, 0.6) is 0 Å². The van der Waals surface area contributed by atoms with Crippen molar-refractivity contribution in [3.05, 3.63) is 35.9 Å². The van der Waals surface area contributed by atoms with Gasteiger partial charge in [0.2, 0.25) is 0 Å². The number of amides is 1. The number of rotatable bonds is 23. The van der Waals surface area contributed by atoms with Gasteiger partial charge in [-0.1, -0.05) is 146 Å². The summed E-state index contributed by atoms with van der Waals surface area (Å²) >= 11 is 0. The van der Waals surface area contributed by atoms with Gasteiger partial charge in [-0.2, -0.15) is 0 Å². The summed E-state index contributed by atoms with van der Waals surface area (Å²) in [5.41, 5.74) is 0.335. The van der Waals surface area contributed by atoms with E-state index in [2.05, 4.69) is 12.2 Å². The molecule has 1 atom stereocenters. The Kier molecular flexibility index (Phi) is 20.4. The molecule has 0 bridgehead atoms. The van der Waals surface area contributed by atoms with Crippen LogP contribution in [0.15, 0.2) is 30.3 Å². The summed E-state index contributed by atoms with van der Waals surface area (Å²) in [5, 5.41) is 2.70. The monoisotopic (exact) mass is 545 g/mol. The number of hydrogen-bond acceptors (Lipinski definition) is 4. The molecule has 39 heavy (non-hydrogen) atoms. The van der Waals surface area contributed by atoms with Gasteiger partial charge in [0, 0.05) is 6.42 Å². The second-order valence-electron chi connectivity index (χ2n) is 12.1. The predicted octanol–water partition coefficient (Wildman–Crippen LogP) is 9.71. The first-order chi connectivity index (χ1) is 18.8. The van der Waals surface area contributed by atoms with Crippen LogP contribution in [0.25, 0.3) is 0 Å². The predicted molar refractivity (Wildman–Crippen MR) is 163 cm³/mol. The molecule has 1 amide bonds. The maximum Gasteiger partial charge on any atom is 0.408 e. The van der Waals surface area contributed by atoms with Crippen LogP contribution in [-0.2, 0) is 20.7 Å². The first-order valence-electron chi connectivity index (χ1n) is 16.0. The summed E-state index contributed by atoms with van der Waals surface area (Å²) < 4.78 is 10.9. The maximum atomic E-state index is 12.7. The van der Waals surface area contributed by atoms with E-state index >= 15 is 0 Å². The third-order valence-electron chi connectivity index (χ3n) is 7.00. The second-order valence-corrected chi connectivity index (χ2v) is 12.1. The first kappa shape index (κ1) is 35.0. The first-order valence-corrected chi connectivity index (χ1v) is 16.0. The number of carbonyl (C=O) groups is 2. The number of esters is 1. The molecule has 5 heteroatoms. The lowest BCUT2D eigenvalue weighted by Gasteiger charge is -2.23. The van der Waals surface area contributed by atoms with Gasteiger partial charge in [0.1, 0.15) is 11.6 Å². The minimum atomic E-state index is -0.766. The Morgan fingerprint density at radius 2 is 1.13 bits per heavy atom. The van der Waals surface area contributed by atoms with Crippen molar-refractivity contribution in [1.82, 2.24) is 5.32 Å². The van der Waals surface area contributed by atoms with Crippen LogP contribution in [0.1, 0.15) is 149 Å². The van der Waals surface area contributed by atoms with Gasteiger partial charge in [-0.05, 0) is 32.8 Å². The van der Waals surface area contributed by atoms with E-state index in [4.69, 9.17) is 9.47 Å².